The second-order valence-electron chi connectivity index (χ2n) is 6.23. The summed E-state index contributed by atoms with van der Waals surface area (Å²) in [4.78, 5) is 0. The molecule has 0 saturated carbocycles. The van der Waals surface area contributed by atoms with Crippen LogP contribution in [0.1, 0.15) is 61.8 Å². The van der Waals surface area contributed by atoms with Crippen molar-refractivity contribution in [2.45, 2.75) is 39.5 Å². The van der Waals surface area contributed by atoms with Crippen molar-refractivity contribution < 1.29 is 4.39 Å². The number of benzene rings is 2. The predicted molar refractivity (Wildman–Crippen MR) is 89.4 cm³/mol. The van der Waals surface area contributed by atoms with Crippen LogP contribution in [0, 0.1) is 28.5 Å². The van der Waals surface area contributed by atoms with Crippen molar-refractivity contribution in [1.82, 2.24) is 0 Å². The molecule has 0 radical (unpaired) electrons. The predicted octanol–water partition coefficient (Wildman–Crippen LogP) is 5.48. The molecule has 0 bridgehead atoms. The van der Waals surface area contributed by atoms with E-state index >= 15 is 0 Å². The van der Waals surface area contributed by atoms with Gasteiger partial charge in [-0.15, -0.1) is 0 Å². The second-order valence-corrected chi connectivity index (χ2v) is 6.23. The molecular weight excluding hydrogens is 287 g/mol. The molecule has 0 N–H and O–H groups in total. The number of halogens is 1. The van der Waals surface area contributed by atoms with Crippen LogP contribution in [0.25, 0.3) is 11.1 Å². The lowest BCUT2D eigenvalue weighted by Crippen LogP contribution is -2.01. The minimum absolute atomic E-state index is 0.0904. The van der Waals surface area contributed by atoms with Crippen LogP contribution in [0.5, 0.6) is 0 Å². The Labute approximate surface area is 136 Å². The topological polar surface area (TPSA) is 47.6 Å². The lowest BCUT2D eigenvalue weighted by Gasteiger charge is -2.20. The van der Waals surface area contributed by atoms with Gasteiger partial charge in [0.25, 0.3) is 0 Å². The Kier molecular flexibility index (Phi) is 4.82. The molecule has 0 spiro atoms. The molecular formula is C20H19FN2. The maximum atomic E-state index is 14.0. The molecule has 0 heterocycles. The first-order chi connectivity index (χ1) is 10.9. The van der Waals surface area contributed by atoms with E-state index < -0.39 is 5.82 Å². The Bertz CT molecular complexity index is 759. The lowest BCUT2D eigenvalue weighted by molar-refractivity contribution is 0.620. The maximum Gasteiger partial charge on any atom is 0.158 e. The normalized spacial score (nSPS) is 10.7. The minimum atomic E-state index is -0.744. The van der Waals surface area contributed by atoms with Gasteiger partial charge in [0.05, 0.1) is 11.1 Å². The summed E-state index contributed by atoms with van der Waals surface area (Å²) in [5.74, 6) is -0.179. The van der Waals surface area contributed by atoms with Gasteiger partial charge in [0.1, 0.15) is 12.1 Å². The van der Waals surface area contributed by atoms with E-state index in [0.29, 0.717) is 0 Å². The number of nitriles is 2. The number of hydrogen-bond donors (Lipinski definition) is 0. The second kappa shape index (κ2) is 6.63. The fourth-order valence-corrected chi connectivity index (χ4v) is 2.82. The first-order valence-corrected chi connectivity index (χ1v) is 7.67. The van der Waals surface area contributed by atoms with E-state index in [9.17, 15) is 4.39 Å². The fraction of sp³-hybridized carbons (Fsp3) is 0.300. The Balaban J connectivity index is 2.87. The molecule has 0 aliphatic heterocycles. The van der Waals surface area contributed by atoms with Crippen LogP contribution in [0.2, 0.25) is 0 Å². The van der Waals surface area contributed by atoms with Crippen LogP contribution in [0.15, 0.2) is 30.3 Å². The molecule has 2 aromatic rings. The van der Waals surface area contributed by atoms with Crippen LogP contribution in [0.4, 0.5) is 4.39 Å². The molecule has 0 saturated heterocycles. The molecule has 3 heteroatoms. The first-order valence-electron chi connectivity index (χ1n) is 7.67. The zero-order chi connectivity index (χ0) is 17.1. The van der Waals surface area contributed by atoms with Crippen molar-refractivity contribution >= 4 is 0 Å². The Morgan fingerprint density at radius 2 is 1.30 bits per heavy atom. The lowest BCUT2D eigenvalue weighted by atomic mass is 9.84. The zero-order valence-corrected chi connectivity index (χ0v) is 13.8. The van der Waals surface area contributed by atoms with Crippen LogP contribution < -0.4 is 0 Å². The molecule has 0 aromatic heterocycles. The zero-order valence-electron chi connectivity index (χ0n) is 13.8. The molecule has 0 unspecified atom stereocenters. The van der Waals surface area contributed by atoms with E-state index in [0.717, 1.165) is 22.3 Å². The highest BCUT2D eigenvalue weighted by atomic mass is 19.1. The van der Waals surface area contributed by atoms with Crippen molar-refractivity contribution in [2.75, 3.05) is 0 Å². The van der Waals surface area contributed by atoms with Gasteiger partial charge >= 0.3 is 0 Å². The van der Waals surface area contributed by atoms with Gasteiger partial charge in [-0.05, 0) is 46.2 Å². The summed E-state index contributed by atoms with van der Waals surface area (Å²) < 4.78 is 14.0. The quantitative estimate of drug-likeness (QED) is 0.753. The average Bonchev–Trinajstić information content (AvgIpc) is 2.54. The van der Waals surface area contributed by atoms with Gasteiger partial charge in [-0.3, -0.25) is 0 Å². The molecule has 2 nitrogen and oxygen atoms in total. The summed E-state index contributed by atoms with van der Waals surface area (Å²) in [6.07, 6.45) is 0. The SMILES string of the molecule is CC(C)c1cccc(C(C)C)c1-c1cc(C#N)c(F)c(C#N)c1. The molecule has 23 heavy (non-hydrogen) atoms. The summed E-state index contributed by atoms with van der Waals surface area (Å²) in [6.45, 7) is 8.40. The highest BCUT2D eigenvalue weighted by molar-refractivity contribution is 5.75. The molecule has 0 amide bonds. The Hall–Kier alpha value is -2.65. The number of nitrogens with zero attached hydrogens (tertiary/aromatic N) is 2. The van der Waals surface area contributed by atoms with Crippen molar-refractivity contribution in [3.05, 3.63) is 58.4 Å². The van der Waals surface area contributed by atoms with Gasteiger partial charge in [-0.1, -0.05) is 45.9 Å². The summed E-state index contributed by atoms with van der Waals surface area (Å²) in [5.41, 5.74) is 3.82. The molecule has 0 atom stereocenters. The third-order valence-electron chi connectivity index (χ3n) is 3.98. The van der Waals surface area contributed by atoms with E-state index in [1.807, 2.05) is 30.3 Å². The molecule has 116 valence electrons. The standard InChI is InChI=1S/C20H19FN2/c1-12(2)17-6-5-7-18(13(3)4)19(17)14-8-15(10-22)20(21)16(9-14)11-23/h5-9,12-13H,1-4H3. The van der Waals surface area contributed by atoms with Crippen molar-refractivity contribution in [1.29, 1.82) is 10.5 Å². The van der Waals surface area contributed by atoms with Crippen molar-refractivity contribution in [3.8, 4) is 23.3 Å². The van der Waals surface area contributed by atoms with E-state index in [2.05, 4.69) is 27.7 Å². The van der Waals surface area contributed by atoms with Gasteiger partial charge in [0.2, 0.25) is 0 Å². The Morgan fingerprint density at radius 3 is 1.65 bits per heavy atom. The third-order valence-corrected chi connectivity index (χ3v) is 3.98. The van der Waals surface area contributed by atoms with Gasteiger partial charge in [-0.2, -0.15) is 10.5 Å². The summed E-state index contributed by atoms with van der Waals surface area (Å²) in [7, 11) is 0. The van der Waals surface area contributed by atoms with Gasteiger partial charge in [0.15, 0.2) is 5.82 Å². The molecule has 0 aliphatic carbocycles. The van der Waals surface area contributed by atoms with E-state index in [4.69, 9.17) is 10.5 Å². The molecule has 2 rings (SSSR count). The van der Waals surface area contributed by atoms with E-state index in [-0.39, 0.29) is 23.0 Å². The fourth-order valence-electron chi connectivity index (χ4n) is 2.82. The van der Waals surface area contributed by atoms with E-state index in [1.165, 1.54) is 0 Å². The van der Waals surface area contributed by atoms with Gasteiger partial charge in [-0.25, -0.2) is 4.39 Å². The van der Waals surface area contributed by atoms with Gasteiger partial charge in [0, 0.05) is 0 Å². The maximum absolute atomic E-state index is 14.0. The van der Waals surface area contributed by atoms with Crippen LogP contribution in [0.3, 0.4) is 0 Å². The monoisotopic (exact) mass is 306 g/mol. The highest BCUT2D eigenvalue weighted by Crippen LogP contribution is 2.37. The van der Waals surface area contributed by atoms with Crippen molar-refractivity contribution in [3.63, 3.8) is 0 Å². The van der Waals surface area contributed by atoms with Crippen LogP contribution in [-0.2, 0) is 0 Å². The largest absolute Gasteiger partial charge is 0.204 e. The number of rotatable bonds is 3. The van der Waals surface area contributed by atoms with Crippen LogP contribution >= 0.6 is 0 Å². The average molecular weight is 306 g/mol. The summed E-state index contributed by atoms with van der Waals surface area (Å²) >= 11 is 0. The summed E-state index contributed by atoms with van der Waals surface area (Å²) in [5, 5.41) is 18.3. The third kappa shape index (κ3) is 3.10. The van der Waals surface area contributed by atoms with Crippen LogP contribution in [-0.4, -0.2) is 0 Å². The van der Waals surface area contributed by atoms with E-state index in [1.54, 1.807) is 12.1 Å². The van der Waals surface area contributed by atoms with Crippen molar-refractivity contribution in [2.24, 2.45) is 0 Å². The summed E-state index contributed by atoms with van der Waals surface area (Å²) in [6, 6.07) is 12.9. The molecule has 0 fully saturated rings. The minimum Gasteiger partial charge on any atom is -0.204 e. The molecule has 2 aromatic carbocycles. The smallest absolute Gasteiger partial charge is 0.158 e. The molecule has 0 aliphatic rings. The Morgan fingerprint density at radius 1 is 0.870 bits per heavy atom. The number of hydrogen-bond acceptors (Lipinski definition) is 2. The highest BCUT2D eigenvalue weighted by Gasteiger charge is 2.18. The first kappa shape index (κ1) is 16.7. The van der Waals surface area contributed by atoms with Gasteiger partial charge < -0.3 is 0 Å².